The van der Waals surface area contributed by atoms with Crippen molar-refractivity contribution in [1.29, 1.82) is 0 Å². The Bertz CT molecular complexity index is 895. The third kappa shape index (κ3) is 3.21. The largest absolute Gasteiger partial charge is 0.368 e. The van der Waals surface area contributed by atoms with Gasteiger partial charge in [-0.25, -0.2) is 0 Å². The van der Waals surface area contributed by atoms with Crippen molar-refractivity contribution in [2.45, 2.75) is 19.8 Å². The summed E-state index contributed by atoms with van der Waals surface area (Å²) in [5.41, 5.74) is 2.48. The molecule has 2 aromatic carbocycles. The van der Waals surface area contributed by atoms with E-state index in [1.54, 1.807) is 11.3 Å². The molecular weight excluding hydrogens is 340 g/mol. The van der Waals surface area contributed by atoms with Crippen LogP contribution in [0, 0.1) is 0 Å². The Labute approximate surface area is 158 Å². The number of carbonyl (C=O) groups excluding carboxylic acids is 1. The van der Waals surface area contributed by atoms with E-state index in [0.29, 0.717) is 0 Å². The molecule has 0 saturated carbocycles. The van der Waals surface area contributed by atoms with Gasteiger partial charge in [0, 0.05) is 36.6 Å². The van der Waals surface area contributed by atoms with Crippen molar-refractivity contribution >= 4 is 33.0 Å². The van der Waals surface area contributed by atoms with Crippen LogP contribution < -0.4 is 4.90 Å². The predicted molar refractivity (Wildman–Crippen MR) is 110 cm³/mol. The van der Waals surface area contributed by atoms with Gasteiger partial charge in [0.1, 0.15) is 0 Å². The summed E-state index contributed by atoms with van der Waals surface area (Å²) >= 11 is 1.66. The molecule has 1 aliphatic heterocycles. The Morgan fingerprint density at radius 2 is 1.65 bits per heavy atom. The Hall–Kier alpha value is -2.33. The van der Waals surface area contributed by atoms with Crippen LogP contribution in [0.1, 0.15) is 28.6 Å². The number of hydrogen-bond donors (Lipinski definition) is 0. The number of amides is 1. The second kappa shape index (κ2) is 7.50. The van der Waals surface area contributed by atoms with Crippen LogP contribution in [0.25, 0.3) is 10.1 Å². The maximum atomic E-state index is 13.2. The zero-order valence-electron chi connectivity index (χ0n) is 15.1. The first kappa shape index (κ1) is 17.1. The molecule has 1 saturated heterocycles. The summed E-state index contributed by atoms with van der Waals surface area (Å²) in [6, 6.07) is 18.9. The molecule has 4 heteroatoms. The van der Waals surface area contributed by atoms with E-state index in [1.807, 2.05) is 11.0 Å². The number of hydrogen-bond acceptors (Lipinski definition) is 3. The lowest BCUT2D eigenvalue weighted by Gasteiger charge is -2.36. The second-order valence-electron chi connectivity index (χ2n) is 6.77. The van der Waals surface area contributed by atoms with E-state index in [2.05, 4.69) is 60.4 Å². The number of anilines is 1. The molecule has 4 rings (SSSR count). The number of thiophene rings is 1. The topological polar surface area (TPSA) is 23.6 Å². The molecule has 134 valence electrons. The van der Waals surface area contributed by atoms with Crippen molar-refractivity contribution in [2.75, 3.05) is 31.1 Å². The van der Waals surface area contributed by atoms with E-state index in [4.69, 9.17) is 0 Å². The molecule has 0 atom stereocenters. The summed E-state index contributed by atoms with van der Waals surface area (Å²) in [6.07, 6.45) is 2.03. The Morgan fingerprint density at radius 1 is 0.962 bits per heavy atom. The highest BCUT2D eigenvalue weighted by atomic mass is 32.1. The fourth-order valence-corrected chi connectivity index (χ4v) is 4.94. The first-order chi connectivity index (χ1) is 12.8. The molecule has 26 heavy (non-hydrogen) atoms. The highest BCUT2D eigenvalue weighted by Crippen LogP contribution is 2.33. The van der Waals surface area contributed by atoms with E-state index in [1.165, 1.54) is 21.3 Å². The van der Waals surface area contributed by atoms with Crippen molar-refractivity contribution in [1.82, 2.24) is 4.90 Å². The first-order valence-corrected chi connectivity index (χ1v) is 10.2. The molecule has 1 fully saturated rings. The Kier molecular flexibility index (Phi) is 4.93. The Balaban J connectivity index is 1.54. The summed E-state index contributed by atoms with van der Waals surface area (Å²) in [6.45, 7) is 5.54. The first-order valence-electron chi connectivity index (χ1n) is 9.37. The van der Waals surface area contributed by atoms with Gasteiger partial charge in [-0.2, -0.15) is 0 Å². The average Bonchev–Trinajstić information content (AvgIpc) is 3.07. The third-order valence-corrected chi connectivity index (χ3v) is 6.28. The maximum Gasteiger partial charge on any atom is 0.264 e. The zero-order chi connectivity index (χ0) is 17.9. The van der Waals surface area contributed by atoms with Crippen LogP contribution in [0.3, 0.4) is 0 Å². The van der Waals surface area contributed by atoms with Crippen LogP contribution in [0.15, 0.2) is 54.6 Å². The second-order valence-corrected chi connectivity index (χ2v) is 7.82. The number of benzene rings is 2. The van der Waals surface area contributed by atoms with Crippen molar-refractivity contribution in [3.8, 4) is 0 Å². The molecule has 0 aliphatic carbocycles. The predicted octanol–water partition coefficient (Wildman–Crippen LogP) is 4.82. The van der Waals surface area contributed by atoms with Crippen molar-refractivity contribution in [3.05, 3.63) is 65.0 Å². The lowest BCUT2D eigenvalue weighted by atomic mass is 10.1. The number of piperazine rings is 1. The summed E-state index contributed by atoms with van der Waals surface area (Å²) in [5.74, 6) is 0.211. The minimum atomic E-state index is 0.211. The van der Waals surface area contributed by atoms with Crippen LogP contribution in [0.2, 0.25) is 0 Å². The summed E-state index contributed by atoms with van der Waals surface area (Å²) in [5, 5.41) is 1.26. The summed E-state index contributed by atoms with van der Waals surface area (Å²) < 4.78 is 1.22. The minimum Gasteiger partial charge on any atom is -0.368 e. The molecule has 0 spiro atoms. The number of nitrogens with zero attached hydrogens (tertiary/aromatic N) is 2. The standard InChI is InChI=1S/C22H24N2OS/c1-2-8-19-18-11-6-7-12-20(18)26-21(19)22(25)24-15-13-23(14-16-24)17-9-4-3-5-10-17/h3-7,9-12H,2,8,13-16H2,1H3. The molecule has 0 bridgehead atoms. The molecule has 1 aliphatic rings. The Morgan fingerprint density at radius 3 is 2.38 bits per heavy atom. The fraction of sp³-hybridized carbons (Fsp3) is 0.318. The van der Waals surface area contributed by atoms with Gasteiger partial charge in [-0.05, 0) is 35.6 Å². The molecule has 0 N–H and O–H groups in total. The van der Waals surface area contributed by atoms with Gasteiger partial charge in [0.05, 0.1) is 4.88 Å². The van der Waals surface area contributed by atoms with Gasteiger partial charge in [0.15, 0.2) is 0 Å². The third-order valence-electron chi connectivity index (χ3n) is 5.08. The van der Waals surface area contributed by atoms with Crippen molar-refractivity contribution < 1.29 is 4.79 Å². The number of carbonyl (C=O) groups is 1. The molecule has 3 aromatic rings. The number of rotatable bonds is 4. The average molecular weight is 365 g/mol. The summed E-state index contributed by atoms with van der Waals surface area (Å²) in [4.78, 5) is 18.6. The molecule has 2 heterocycles. The fourth-order valence-electron chi connectivity index (χ4n) is 3.72. The van der Waals surface area contributed by atoms with Gasteiger partial charge >= 0.3 is 0 Å². The van der Waals surface area contributed by atoms with Crippen LogP contribution in [0.5, 0.6) is 0 Å². The monoisotopic (exact) mass is 364 g/mol. The maximum absolute atomic E-state index is 13.2. The minimum absolute atomic E-state index is 0.211. The SMILES string of the molecule is CCCc1c(C(=O)N2CCN(c3ccccc3)CC2)sc2ccccc12. The van der Waals surface area contributed by atoms with Crippen LogP contribution in [0.4, 0.5) is 5.69 Å². The van der Waals surface area contributed by atoms with Crippen molar-refractivity contribution in [2.24, 2.45) is 0 Å². The number of aryl methyl sites for hydroxylation is 1. The molecule has 3 nitrogen and oxygen atoms in total. The van der Waals surface area contributed by atoms with E-state index >= 15 is 0 Å². The van der Waals surface area contributed by atoms with E-state index < -0.39 is 0 Å². The summed E-state index contributed by atoms with van der Waals surface area (Å²) in [7, 11) is 0. The van der Waals surface area contributed by atoms with E-state index in [-0.39, 0.29) is 5.91 Å². The zero-order valence-corrected chi connectivity index (χ0v) is 16.0. The smallest absolute Gasteiger partial charge is 0.264 e. The highest BCUT2D eigenvalue weighted by Gasteiger charge is 2.26. The van der Waals surface area contributed by atoms with Gasteiger partial charge in [0.2, 0.25) is 0 Å². The van der Waals surface area contributed by atoms with Gasteiger partial charge in [0.25, 0.3) is 5.91 Å². The van der Waals surface area contributed by atoms with Gasteiger partial charge in [-0.3, -0.25) is 4.79 Å². The van der Waals surface area contributed by atoms with Crippen LogP contribution >= 0.6 is 11.3 Å². The molecule has 0 unspecified atom stereocenters. The number of fused-ring (bicyclic) bond motifs is 1. The van der Waals surface area contributed by atoms with Gasteiger partial charge < -0.3 is 9.80 Å². The molecule has 0 radical (unpaired) electrons. The van der Waals surface area contributed by atoms with Gasteiger partial charge in [-0.1, -0.05) is 49.7 Å². The molecule has 1 aromatic heterocycles. The van der Waals surface area contributed by atoms with Gasteiger partial charge in [-0.15, -0.1) is 11.3 Å². The van der Waals surface area contributed by atoms with E-state index in [9.17, 15) is 4.79 Å². The normalized spacial score (nSPS) is 14.8. The van der Waals surface area contributed by atoms with E-state index in [0.717, 1.165) is 43.9 Å². The quantitative estimate of drug-likeness (QED) is 0.663. The lowest BCUT2D eigenvalue weighted by molar-refractivity contribution is 0.0751. The molecular formula is C22H24N2OS. The molecule has 1 amide bonds. The van der Waals surface area contributed by atoms with Crippen LogP contribution in [-0.2, 0) is 6.42 Å². The highest BCUT2D eigenvalue weighted by molar-refractivity contribution is 7.21. The van der Waals surface area contributed by atoms with Crippen LogP contribution in [-0.4, -0.2) is 37.0 Å². The lowest BCUT2D eigenvalue weighted by Crippen LogP contribution is -2.48. The number of para-hydroxylation sites is 1. The van der Waals surface area contributed by atoms with Crippen molar-refractivity contribution in [3.63, 3.8) is 0 Å².